The third kappa shape index (κ3) is 6.21. The van der Waals surface area contributed by atoms with Crippen molar-refractivity contribution in [2.75, 3.05) is 45.8 Å². The van der Waals surface area contributed by atoms with Crippen LogP contribution in [0.2, 0.25) is 5.02 Å². The van der Waals surface area contributed by atoms with Gasteiger partial charge in [-0.05, 0) is 43.9 Å². The van der Waals surface area contributed by atoms with E-state index >= 15 is 0 Å². The zero-order chi connectivity index (χ0) is 27.1. The molecule has 1 amide bonds. The van der Waals surface area contributed by atoms with Gasteiger partial charge in [0.25, 0.3) is 16.1 Å². The maximum atomic E-state index is 14.0. The Morgan fingerprint density at radius 2 is 1.51 bits per heavy atom. The molecular formula is C23H30ClF5N4O3S. The van der Waals surface area contributed by atoms with Gasteiger partial charge in [0, 0.05) is 64.2 Å². The minimum Gasteiger partial charge on any atom is -0.350 e. The predicted octanol–water partition coefficient (Wildman–Crippen LogP) is 3.99. The van der Waals surface area contributed by atoms with Gasteiger partial charge < -0.3 is 5.32 Å². The Balaban J connectivity index is 1.46. The number of halogens is 6. The highest BCUT2D eigenvalue weighted by molar-refractivity contribution is 7.86. The average Bonchev–Trinajstić information content (AvgIpc) is 3.39. The van der Waals surface area contributed by atoms with Crippen molar-refractivity contribution in [2.45, 2.75) is 56.2 Å². The average molecular weight is 573 g/mol. The van der Waals surface area contributed by atoms with Gasteiger partial charge in [-0.25, -0.2) is 8.78 Å². The summed E-state index contributed by atoms with van der Waals surface area (Å²) in [4.78, 5) is 14.8. The number of carbonyl (C=O) groups is 1. The molecule has 0 atom stereocenters. The van der Waals surface area contributed by atoms with Crippen molar-refractivity contribution in [1.29, 1.82) is 0 Å². The van der Waals surface area contributed by atoms with Gasteiger partial charge in [0.15, 0.2) is 0 Å². The van der Waals surface area contributed by atoms with E-state index in [1.165, 1.54) is 8.61 Å². The monoisotopic (exact) mass is 572 g/mol. The van der Waals surface area contributed by atoms with E-state index in [-0.39, 0.29) is 55.9 Å². The highest BCUT2D eigenvalue weighted by Crippen LogP contribution is 2.42. The molecule has 0 radical (unpaired) electrons. The van der Waals surface area contributed by atoms with Crippen LogP contribution in [0.3, 0.4) is 0 Å². The molecule has 2 saturated heterocycles. The Kier molecular flexibility index (Phi) is 8.12. The molecule has 14 heteroatoms. The maximum Gasteiger partial charge on any atom is 0.416 e. The van der Waals surface area contributed by atoms with Crippen LogP contribution in [-0.4, -0.2) is 85.1 Å². The zero-order valence-corrected chi connectivity index (χ0v) is 21.7. The minimum absolute atomic E-state index is 0.0157. The molecule has 4 rings (SSSR count). The second-order valence-corrected chi connectivity index (χ2v) is 12.3. The number of rotatable bonds is 6. The third-order valence-corrected chi connectivity index (χ3v) is 10.0. The molecule has 1 aromatic carbocycles. The van der Waals surface area contributed by atoms with Gasteiger partial charge >= 0.3 is 6.18 Å². The number of carbonyl (C=O) groups excluding carboxylic acids is 1. The van der Waals surface area contributed by atoms with Gasteiger partial charge in [0.2, 0.25) is 5.92 Å². The highest BCUT2D eigenvalue weighted by atomic mass is 35.5. The Morgan fingerprint density at radius 3 is 2.05 bits per heavy atom. The number of hydrogen-bond acceptors (Lipinski definition) is 4. The largest absolute Gasteiger partial charge is 0.416 e. The summed E-state index contributed by atoms with van der Waals surface area (Å²) < 4.78 is 95.6. The van der Waals surface area contributed by atoms with Gasteiger partial charge in [-0.1, -0.05) is 11.6 Å². The highest BCUT2D eigenvalue weighted by Gasteiger charge is 2.48. The summed E-state index contributed by atoms with van der Waals surface area (Å²) in [5.74, 6) is -3.53. The van der Waals surface area contributed by atoms with E-state index in [4.69, 9.17) is 11.6 Å². The summed E-state index contributed by atoms with van der Waals surface area (Å²) in [6.07, 6.45) is -3.56. The van der Waals surface area contributed by atoms with Crippen molar-refractivity contribution in [1.82, 2.24) is 18.8 Å². The van der Waals surface area contributed by atoms with E-state index in [1.807, 2.05) is 4.90 Å². The maximum absolute atomic E-state index is 14.0. The lowest BCUT2D eigenvalue weighted by molar-refractivity contribution is -0.137. The fourth-order valence-corrected chi connectivity index (χ4v) is 7.31. The quantitative estimate of drug-likeness (QED) is 0.523. The molecular weight excluding hydrogens is 543 g/mol. The molecule has 1 saturated carbocycles. The van der Waals surface area contributed by atoms with E-state index in [0.29, 0.717) is 32.2 Å². The van der Waals surface area contributed by atoms with Crippen LogP contribution in [0, 0.1) is 0 Å². The standard InChI is InChI=1S/C23H30ClF5N4O3S/c24-19-15-17(23(27,28)29)3-4-18(19)20(34)30-16-21(5-7-22(25,26)8-6-21)31-11-13-33(14-12-31)37(35,36)32-9-1-2-10-32/h3-4,15H,1-2,5-14,16H2,(H,30,34). The summed E-state index contributed by atoms with van der Waals surface area (Å²) in [5.41, 5.74) is -1.96. The van der Waals surface area contributed by atoms with Crippen LogP contribution in [0.5, 0.6) is 0 Å². The smallest absolute Gasteiger partial charge is 0.350 e. The minimum atomic E-state index is -4.61. The van der Waals surface area contributed by atoms with Crippen LogP contribution in [-0.2, 0) is 16.4 Å². The predicted molar refractivity (Wildman–Crippen MR) is 128 cm³/mol. The van der Waals surface area contributed by atoms with E-state index in [2.05, 4.69) is 5.32 Å². The van der Waals surface area contributed by atoms with Gasteiger partial charge in [-0.15, -0.1) is 0 Å². The second-order valence-electron chi connectivity index (χ2n) is 9.96. The third-order valence-electron chi connectivity index (χ3n) is 7.66. The summed E-state index contributed by atoms with van der Waals surface area (Å²) in [6, 6.07) is 2.43. The van der Waals surface area contributed by atoms with Crippen LogP contribution in [0.4, 0.5) is 22.0 Å². The summed E-state index contributed by atoms with van der Waals surface area (Å²) in [7, 11) is -3.58. The Morgan fingerprint density at radius 1 is 0.946 bits per heavy atom. The first kappa shape index (κ1) is 28.5. The molecule has 3 aliphatic rings. The zero-order valence-electron chi connectivity index (χ0n) is 20.2. The number of benzene rings is 1. The second kappa shape index (κ2) is 10.6. The molecule has 0 unspecified atom stereocenters. The van der Waals surface area contributed by atoms with E-state index in [1.54, 1.807) is 0 Å². The molecule has 208 valence electrons. The lowest BCUT2D eigenvalue weighted by Crippen LogP contribution is -2.64. The SMILES string of the molecule is O=C(NCC1(N2CCN(S(=O)(=O)N3CCCC3)CC2)CCC(F)(F)CC1)c1ccc(C(F)(F)F)cc1Cl. The normalized spacial score (nSPS) is 23.7. The summed E-state index contributed by atoms with van der Waals surface area (Å²) in [6.45, 7) is 1.99. The van der Waals surface area contributed by atoms with Crippen LogP contribution < -0.4 is 5.32 Å². The molecule has 0 spiro atoms. The molecule has 2 aliphatic heterocycles. The number of piperazine rings is 1. The van der Waals surface area contributed by atoms with Gasteiger partial charge in [0.1, 0.15) is 0 Å². The number of alkyl halides is 5. The van der Waals surface area contributed by atoms with Crippen molar-refractivity contribution in [3.05, 3.63) is 34.3 Å². The molecule has 1 aliphatic carbocycles. The topological polar surface area (TPSA) is 73.0 Å². The Bertz CT molecular complexity index is 1090. The number of nitrogens with one attached hydrogen (secondary N) is 1. The molecule has 1 aromatic rings. The summed E-state index contributed by atoms with van der Waals surface area (Å²) in [5, 5.41) is 2.32. The Hall–Kier alpha value is -1.54. The molecule has 2 heterocycles. The fraction of sp³-hybridized carbons (Fsp3) is 0.696. The molecule has 0 bridgehead atoms. The van der Waals surface area contributed by atoms with E-state index in [0.717, 1.165) is 25.0 Å². The number of nitrogens with zero attached hydrogens (tertiary/aromatic N) is 3. The van der Waals surface area contributed by atoms with Crippen molar-refractivity contribution >= 4 is 27.7 Å². The Labute approximate surface area is 218 Å². The molecule has 37 heavy (non-hydrogen) atoms. The van der Waals surface area contributed by atoms with Crippen molar-refractivity contribution in [2.24, 2.45) is 0 Å². The first-order chi connectivity index (χ1) is 17.2. The van der Waals surface area contributed by atoms with Crippen LogP contribution in [0.15, 0.2) is 18.2 Å². The fourth-order valence-electron chi connectivity index (χ4n) is 5.38. The van der Waals surface area contributed by atoms with Gasteiger partial charge in [-0.2, -0.15) is 30.2 Å². The molecule has 3 fully saturated rings. The van der Waals surface area contributed by atoms with Crippen LogP contribution in [0.1, 0.15) is 54.4 Å². The van der Waals surface area contributed by atoms with Gasteiger partial charge in [0.05, 0.1) is 16.1 Å². The number of hydrogen-bond donors (Lipinski definition) is 1. The molecule has 7 nitrogen and oxygen atoms in total. The first-order valence-corrected chi connectivity index (χ1v) is 14.0. The molecule has 0 aromatic heterocycles. The van der Waals surface area contributed by atoms with Crippen LogP contribution in [0.25, 0.3) is 0 Å². The van der Waals surface area contributed by atoms with Crippen LogP contribution >= 0.6 is 11.6 Å². The van der Waals surface area contributed by atoms with E-state index < -0.39 is 39.3 Å². The van der Waals surface area contributed by atoms with Crippen molar-refractivity contribution in [3.8, 4) is 0 Å². The van der Waals surface area contributed by atoms with E-state index in [9.17, 15) is 35.2 Å². The molecule has 1 N–H and O–H groups in total. The first-order valence-electron chi connectivity index (χ1n) is 12.3. The van der Waals surface area contributed by atoms with Crippen molar-refractivity contribution < 1.29 is 35.2 Å². The lowest BCUT2D eigenvalue weighted by atomic mass is 9.78. The van der Waals surface area contributed by atoms with Crippen molar-refractivity contribution in [3.63, 3.8) is 0 Å². The number of amides is 1. The van der Waals surface area contributed by atoms with Gasteiger partial charge in [-0.3, -0.25) is 9.69 Å². The summed E-state index contributed by atoms with van der Waals surface area (Å²) >= 11 is 5.95. The lowest BCUT2D eigenvalue weighted by Gasteiger charge is -2.50.